The Labute approximate surface area is 816 Å². The van der Waals surface area contributed by atoms with Crippen LogP contribution in [0.25, 0.3) is 90.5 Å². The first-order chi connectivity index (χ1) is 67.7. The van der Waals surface area contributed by atoms with E-state index < -0.39 is 24.4 Å². The van der Waals surface area contributed by atoms with Crippen molar-refractivity contribution in [1.29, 1.82) is 0 Å². The normalized spacial score (nSPS) is 17.3. The molecule has 5 aliphatic rings. The molecule has 3 saturated heterocycles. The van der Waals surface area contributed by atoms with E-state index in [0.29, 0.717) is 188 Å². The molecular weight excluding hydrogens is 1810 g/mol. The predicted molar refractivity (Wildman–Crippen MR) is 529 cm³/mol. The van der Waals surface area contributed by atoms with Crippen molar-refractivity contribution in [3.8, 4) is 75.4 Å². The van der Waals surface area contributed by atoms with Crippen molar-refractivity contribution in [3.05, 3.63) is 255 Å². The molecule has 1 saturated carbocycles. The predicted octanol–water partition coefficient (Wildman–Crippen LogP) is 20.6. The van der Waals surface area contributed by atoms with Gasteiger partial charge in [-0.2, -0.15) is 0 Å². The molecule has 5 N–H and O–H groups in total. The van der Waals surface area contributed by atoms with Gasteiger partial charge in [0.1, 0.15) is 102 Å². The van der Waals surface area contributed by atoms with Crippen molar-refractivity contribution < 1.29 is 79.4 Å². The Bertz CT molecular complexity index is 6650. The molecule has 4 fully saturated rings. The quantitative estimate of drug-likeness (QED) is 0.0261. The molecule has 8 aromatic heterocycles. The fourth-order valence-electron chi connectivity index (χ4n) is 19.1. The number of β-amino-alcohol motifs (C(OH)–C–C–N with tert-alkyl or cyclic N) is 3. The molecule has 21 rings (SSSR count). The van der Waals surface area contributed by atoms with E-state index in [0.717, 1.165) is 143 Å². The summed E-state index contributed by atoms with van der Waals surface area (Å²) in [5.74, 6) is 11.8. The lowest BCUT2D eigenvalue weighted by molar-refractivity contribution is 0.0598. The third-order valence-corrected chi connectivity index (χ3v) is 27.2. The van der Waals surface area contributed by atoms with Crippen molar-refractivity contribution in [3.63, 3.8) is 0 Å². The molecular formula is C108H120Cl2N12O17. The second-order valence-electron chi connectivity index (χ2n) is 37.5. The molecule has 0 unspecified atom stereocenters. The fourth-order valence-corrected chi connectivity index (χ4v) is 19.4. The van der Waals surface area contributed by atoms with Crippen LogP contribution in [0.3, 0.4) is 0 Å². The Hall–Kier alpha value is -12.3. The van der Waals surface area contributed by atoms with Gasteiger partial charge in [0.05, 0.1) is 38.2 Å². The van der Waals surface area contributed by atoms with Crippen LogP contribution in [-0.4, -0.2) is 205 Å². The van der Waals surface area contributed by atoms with Gasteiger partial charge in [0.15, 0.2) is 23.0 Å². The Morgan fingerprint density at radius 1 is 0.388 bits per heavy atom. The van der Waals surface area contributed by atoms with Crippen LogP contribution >= 0.6 is 23.2 Å². The number of hydrogen-bond acceptors (Lipinski definition) is 29. The van der Waals surface area contributed by atoms with E-state index in [9.17, 15) is 20.4 Å². The number of aliphatic hydroxyl groups excluding tert-OH is 4. The highest BCUT2D eigenvalue weighted by Gasteiger charge is 2.31. The van der Waals surface area contributed by atoms with Crippen LogP contribution < -0.4 is 29.0 Å². The first-order valence-electron chi connectivity index (χ1n) is 48.5. The van der Waals surface area contributed by atoms with Crippen molar-refractivity contribution in [2.75, 3.05) is 98.5 Å². The minimum absolute atomic E-state index is 0.186. The molecule has 8 aromatic carbocycles. The summed E-state index contributed by atoms with van der Waals surface area (Å²) in [6.45, 7) is 21.2. The second kappa shape index (κ2) is 45.8. The van der Waals surface area contributed by atoms with Gasteiger partial charge in [-0.05, 0) is 241 Å². The van der Waals surface area contributed by atoms with Gasteiger partial charge in [0, 0.05) is 90.1 Å². The van der Waals surface area contributed by atoms with Crippen molar-refractivity contribution in [2.45, 2.75) is 173 Å². The molecule has 139 heavy (non-hydrogen) atoms. The third kappa shape index (κ3) is 25.5. The summed E-state index contributed by atoms with van der Waals surface area (Å²) in [5, 5.41) is 82.3. The summed E-state index contributed by atoms with van der Waals surface area (Å²) < 4.78 is 75.2. The highest BCUT2D eigenvalue weighted by molar-refractivity contribution is 6.42. The molecule has 1 aliphatic carbocycles. The van der Waals surface area contributed by atoms with Gasteiger partial charge in [-0.15, -0.1) is 40.8 Å². The maximum atomic E-state index is 10.7. The van der Waals surface area contributed by atoms with Crippen LogP contribution in [0.5, 0.6) is 28.7 Å². The first kappa shape index (κ1) is 97.0. The number of ether oxygens (including phenoxy) is 5. The number of aryl methyl sites for hydroxylation is 4. The van der Waals surface area contributed by atoms with Crippen LogP contribution in [0.2, 0.25) is 10.0 Å². The number of furan rings is 4. The molecule has 4 atom stereocenters. The lowest BCUT2D eigenvalue weighted by Crippen LogP contribution is -2.40. The monoisotopic (exact) mass is 1930 g/mol. The average Bonchev–Trinajstić information content (AvgIpc) is 1.65. The molecule has 12 heterocycles. The number of likely N-dealkylation sites (tertiary alicyclic amines) is 3. The van der Waals surface area contributed by atoms with Gasteiger partial charge in [-0.3, -0.25) is 0 Å². The number of halogens is 2. The van der Waals surface area contributed by atoms with E-state index in [1.54, 1.807) is 20.8 Å². The van der Waals surface area contributed by atoms with Crippen LogP contribution in [0.4, 0.5) is 0 Å². The van der Waals surface area contributed by atoms with Crippen LogP contribution in [0.1, 0.15) is 153 Å². The lowest BCUT2D eigenvalue weighted by Gasteiger charge is -2.33. The Morgan fingerprint density at radius 3 is 1.20 bits per heavy atom. The maximum absolute atomic E-state index is 10.7. The highest BCUT2D eigenvalue weighted by atomic mass is 35.5. The SMILES string of the molecule is CC(C)Cc1nnc(-c2cc3c(OC[C@@H](O)CN4CCC(c5ccc(Cl)c(Cl)c5)CC4)cccc3o2)o1.Cc1ccc(C2CCN(C[C@H](O)COc3cccc4oc(-c5nnc(C)o5)cc34)CC2)cc1.Cc1nnc(-c2cc3c(OC[C@@H](O)CN4CCC(c5ccc6c(c5)CCO6)CC4)cccc3o2)o1.Cc1nnc(-c2cc3c(OC[C@@H](O)CNC4CCC(Cc5ccccc5)CC4)cccc3o2)o1. The summed E-state index contributed by atoms with van der Waals surface area (Å²) in [7, 11) is 0. The van der Waals surface area contributed by atoms with E-state index in [4.69, 9.17) is 82.2 Å². The summed E-state index contributed by atoms with van der Waals surface area (Å²) >= 11 is 12.3. The van der Waals surface area contributed by atoms with E-state index in [2.05, 4.69) is 160 Å². The number of hydrogen-bond donors (Lipinski definition) is 5. The van der Waals surface area contributed by atoms with E-state index in [1.807, 2.05) is 109 Å². The summed E-state index contributed by atoms with van der Waals surface area (Å²) in [6, 6.07) is 62.4. The minimum atomic E-state index is -0.613. The molecule has 29 nitrogen and oxygen atoms in total. The standard InChI is InChI=1S/C28H31Cl2N3O4.C27H29N3O5.C27H31N3O4.C26H29N3O4/c1-17(2)12-27-31-32-28(37-27)26-14-21-24(4-3-5-25(21)36-26)35-16-20(34)15-33-10-8-18(9-11-33)19-6-7-22(29)23(30)13-19;1-17-28-29-27(34-17)26-14-22-24(3-2-4-25(22)35-26)33-16-21(31)15-30-10-7-18(8-11-30)19-5-6-23-20(13-19)9-12-32-23;1-18-29-30-27(33-18)26-15-23-24(8-5-9-25(23)34-26)32-17-22(31)16-28-21-12-10-20(11-13-21)14-19-6-3-2-4-7-19;1-17-6-8-19(9-7-17)20-10-12-29(13-11-20)15-21(30)16-31-23-4-3-5-24-22(23)14-25(33-24)26-28-27-18(2)32-26/h3-7,13-14,17-18,20,34H,8-12,15-16H2,1-2H3;2-6,13-14,18,21,31H,7-12,15-16H2,1H3;2-9,15,20-22,28,31H,10-14,16-17H2,1H3;3-9,14,20-21,30H,10-13,15-16H2,1-2H3/t20-;21-;20?,21?,22-;21-/m0000/s1. The number of rotatable bonds is 32. The summed E-state index contributed by atoms with van der Waals surface area (Å²) in [5.41, 5.74) is 10.8. The molecule has 0 bridgehead atoms. The van der Waals surface area contributed by atoms with Gasteiger partial charge in [-0.25, -0.2) is 0 Å². The molecule has 0 spiro atoms. The Kier molecular flexibility index (Phi) is 31.9. The van der Waals surface area contributed by atoms with Crippen LogP contribution in [-0.2, 0) is 19.3 Å². The number of nitrogens with zero attached hydrogens (tertiary/aromatic N) is 11. The average molecular weight is 1930 g/mol. The maximum Gasteiger partial charge on any atom is 0.283 e. The number of fused-ring (bicyclic) bond motifs is 5. The van der Waals surface area contributed by atoms with Crippen molar-refractivity contribution >= 4 is 67.1 Å². The number of nitrogens with one attached hydrogen (secondary N) is 1. The van der Waals surface area contributed by atoms with E-state index in [1.165, 1.54) is 46.2 Å². The number of aliphatic hydroxyl groups is 4. The van der Waals surface area contributed by atoms with Crippen molar-refractivity contribution in [2.24, 2.45) is 11.8 Å². The summed E-state index contributed by atoms with van der Waals surface area (Å²) in [4.78, 5) is 6.94. The van der Waals surface area contributed by atoms with Gasteiger partial charge < -0.3 is 99.5 Å². The van der Waals surface area contributed by atoms with Gasteiger partial charge in [-0.1, -0.05) is 140 Å². The Balaban J connectivity index is 0.000000123. The summed E-state index contributed by atoms with van der Waals surface area (Å²) in [6.07, 6.45) is 11.7. The lowest BCUT2D eigenvalue weighted by atomic mass is 9.82. The molecule has 4 aliphatic heterocycles. The molecule has 0 amide bonds. The third-order valence-electron chi connectivity index (χ3n) is 26.5. The van der Waals surface area contributed by atoms with E-state index >= 15 is 0 Å². The second-order valence-corrected chi connectivity index (χ2v) is 38.4. The Morgan fingerprint density at radius 2 is 0.784 bits per heavy atom. The molecule has 728 valence electrons. The molecule has 16 aromatic rings. The topological polar surface area (TPSA) is 357 Å². The van der Waals surface area contributed by atoms with Gasteiger partial charge >= 0.3 is 0 Å². The molecule has 31 heteroatoms. The number of piperidine rings is 3. The van der Waals surface area contributed by atoms with Crippen molar-refractivity contribution in [1.82, 2.24) is 60.8 Å². The highest BCUT2D eigenvalue weighted by Crippen LogP contribution is 2.42. The van der Waals surface area contributed by atoms with Gasteiger partial charge in [0.25, 0.3) is 23.6 Å². The van der Waals surface area contributed by atoms with Crippen LogP contribution in [0, 0.1) is 39.5 Å². The zero-order chi connectivity index (χ0) is 95.8. The fraction of sp³-hybridized carbons (Fsp3) is 0.407. The largest absolute Gasteiger partial charge is 0.493 e. The minimum Gasteiger partial charge on any atom is -0.493 e. The smallest absolute Gasteiger partial charge is 0.283 e. The molecule has 0 radical (unpaired) electrons. The number of aromatic nitrogens is 8. The zero-order valence-electron chi connectivity index (χ0n) is 79.2. The van der Waals surface area contributed by atoms with Gasteiger partial charge in [0.2, 0.25) is 23.6 Å². The first-order valence-corrected chi connectivity index (χ1v) is 49.2. The van der Waals surface area contributed by atoms with Crippen LogP contribution in [0.15, 0.2) is 223 Å². The number of benzene rings is 8. The zero-order valence-corrected chi connectivity index (χ0v) is 80.8. The van der Waals surface area contributed by atoms with E-state index in [-0.39, 0.29) is 26.4 Å².